The Morgan fingerprint density at radius 1 is 1.19 bits per heavy atom. The van der Waals surface area contributed by atoms with Gasteiger partial charge in [0.15, 0.2) is 0 Å². The molecule has 2 heterocycles. The molecule has 9 nitrogen and oxygen atoms in total. The Hall–Kier alpha value is -3.87. The van der Waals surface area contributed by atoms with Crippen molar-refractivity contribution in [2.45, 2.75) is 31.5 Å². The summed E-state index contributed by atoms with van der Waals surface area (Å²) in [5.41, 5.74) is 2.11. The van der Waals surface area contributed by atoms with Crippen LogP contribution in [0.2, 0.25) is 0 Å². The van der Waals surface area contributed by atoms with E-state index in [1.807, 2.05) is 30.3 Å². The standard InChI is InChI=1S/C27H30N4O5/c1-18(20-8-4-3-5-9-20)28-25(33)26(34)29-22-17-36-24-11-10-19(15-23(24)30(2)27(22)35)7-6-13-31-14-12-21(32)16-31/h3-5,8-11,15,18,21-22,32H,12-14,16-17H2,1-2H3,(H,28,33)(H,29,34)/t18-,21-,22+/m1/s1. The molecule has 2 aromatic carbocycles. The van der Waals surface area contributed by atoms with E-state index in [2.05, 4.69) is 27.4 Å². The van der Waals surface area contributed by atoms with Gasteiger partial charge in [0, 0.05) is 25.7 Å². The maximum Gasteiger partial charge on any atom is 0.310 e. The smallest absolute Gasteiger partial charge is 0.310 e. The van der Waals surface area contributed by atoms with Crippen molar-refractivity contribution in [3.8, 4) is 17.6 Å². The first kappa shape index (κ1) is 25.2. The molecule has 0 bridgehead atoms. The number of fused-ring (bicyclic) bond motifs is 1. The predicted octanol–water partition coefficient (Wildman–Crippen LogP) is 0.822. The molecule has 3 atom stereocenters. The Kier molecular flexibility index (Phi) is 7.88. The second-order valence-electron chi connectivity index (χ2n) is 9.00. The number of amides is 3. The Morgan fingerprint density at radius 3 is 2.69 bits per heavy atom. The number of ether oxygens (including phenoxy) is 1. The van der Waals surface area contributed by atoms with E-state index in [4.69, 9.17) is 4.74 Å². The van der Waals surface area contributed by atoms with E-state index in [1.54, 1.807) is 32.2 Å². The third kappa shape index (κ3) is 6.03. The van der Waals surface area contributed by atoms with Crippen molar-refractivity contribution in [1.29, 1.82) is 0 Å². The van der Waals surface area contributed by atoms with Crippen molar-refractivity contribution < 1.29 is 24.2 Å². The van der Waals surface area contributed by atoms with Crippen molar-refractivity contribution >= 4 is 23.4 Å². The third-order valence-electron chi connectivity index (χ3n) is 6.30. The molecule has 2 aliphatic rings. The lowest BCUT2D eigenvalue weighted by atomic mass is 10.1. The number of aliphatic hydroxyl groups is 1. The number of hydrogen-bond donors (Lipinski definition) is 3. The van der Waals surface area contributed by atoms with Crippen molar-refractivity contribution in [2.24, 2.45) is 0 Å². The van der Waals surface area contributed by atoms with Gasteiger partial charge >= 0.3 is 11.8 Å². The van der Waals surface area contributed by atoms with Gasteiger partial charge in [-0.05, 0) is 37.1 Å². The van der Waals surface area contributed by atoms with Gasteiger partial charge in [0.05, 0.1) is 24.4 Å². The van der Waals surface area contributed by atoms with E-state index in [0.717, 1.165) is 18.5 Å². The van der Waals surface area contributed by atoms with Crippen LogP contribution in [-0.2, 0) is 14.4 Å². The fourth-order valence-corrected chi connectivity index (χ4v) is 4.20. The summed E-state index contributed by atoms with van der Waals surface area (Å²) < 4.78 is 5.79. The number of nitrogens with one attached hydrogen (secondary N) is 2. The van der Waals surface area contributed by atoms with Gasteiger partial charge in [-0.25, -0.2) is 0 Å². The maximum absolute atomic E-state index is 13.1. The lowest BCUT2D eigenvalue weighted by Gasteiger charge is -2.21. The van der Waals surface area contributed by atoms with Crippen LogP contribution < -0.4 is 20.3 Å². The van der Waals surface area contributed by atoms with Crippen LogP contribution in [0.3, 0.4) is 0 Å². The van der Waals surface area contributed by atoms with Crippen LogP contribution in [0.1, 0.15) is 30.5 Å². The highest BCUT2D eigenvalue weighted by Crippen LogP contribution is 2.31. The summed E-state index contributed by atoms with van der Waals surface area (Å²) in [7, 11) is 1.59. The minimum atomic E-state index is -1.02. The highest BCUT2D eigenvalue weighted by Gasteiger charge is 2.32. The molecule has 0 saturated carbocycles. The van der Waals surface area contributed by atoms with Crippen LogP contribution in [-0.4, -0.2) is 73.2 Å². The lowest BCUT2D eigenvalue weighted by molar-refractivity contribution is -0.141. The Morgan fingerprint density at radius 2 is 1.97 bits per heavy atom. The van der Waals surface area contributed by atoms with Gasteiger partial charge in [-0.15, -0.1) is 0 Å². The van der Waals surface area contributed by atoms with E-state index >= 15 is 0 Å². The minimum absolute atomic E-state index is 0.105. The highest BCUT2D eigenvalue weighted by molar-refractivity contribution is 6.35. The number of anilines is 1. The molecule has 188 valence electrons. The molecule has 0 aliphatic carbocycles. The highest BCUT2D eigenvalue weighted by atomic mass is 16.5. The molecular weight excluding hydrogens is 460 g/mol. The molecule has 0 unspecified atom stereocenters. The third-order valence-corrected chi connectivity index (χ3v) is 6.30. The van der Waals surface area contributed by atoms with Crippen LogP contribution >= 0.6 is 0 Å². The van der Waals surface area contributed by atoms with Crippen LogP contribution in [0.25, 0.3) is 0 Å². The molecule has 1 saturated heterocycles. The summed E-state index contributed by atoms with van der Waals surface area (Å²) in [5.74, 6) is 4.55. The largest absolute Gasteiger partial charge is 0.489 e. The zero-order valence-electron chi connectivity index (χ0n) is 20.4. The van der Waals surface area contributed by atoms with Crippen LogP contribution in [0, 0.1) is 11.8 Å². The van der Waals surface area contributed by atoms with Crippen molar-refractivity contribution in [3.63, 3.8) is 0 Å². The lowest BCUT2D eigenvalue weighted by Crippen LogP contribution is -2.53. The average Bonchev–Trinajstić information content (AvgIpc) is 3.26. The van der Waals surface area contributed by atoms with Crippen LogP contribution in [0.4, 0.5) is 5.69 Å². The number of rotatable bonds is 4. The molecule has 36 heavy (non-hydrogen) atoms. The first-order chi connectivity index (χ1) is 17.3. The Balaban J connectivity index is 1.37. The monoisotopic (exact) mass is 490 g/mol. The average molecular weight is 491 g/mol. The number of nitrogens with zero attached hydrogens (tertiary/aromatic N) is 2. The molecule has 4 rings (SSSR count). The minimum Gasteiger partial charge on any atom is -0.489 e. The second-order valence-corrected chi connectivity index (χ2v) is 9.00. The first-order valence-electron chi connectivity index (χ1n) is 11.9. The van der Waals surface area contributed by atoms with E-state index in [1.165, 1.54) is 4.90 Å². The molecule has 0 aromatic heterocycles. The predicted molar refractivity (Wildman–Crippen MR) is 134 cm³/mol. The molecular formula is C27H30N4O5. The van der Waals surface area contributed by atoms with Gasteiger partial charge in [-0.3, -0.25) is 19.3 Å². The summed E-state index contributed by atoms with van der Waals surface area (Å²) in [6.45, 7) is 3.67. The van der Waals surface area contributed by atoms with E-state index in [0.29, 0.717) is 30.1 Å². The molecule has 9 heteroatoms. The summed E-state index contributed by atoms with van der Waals surface area (Å²) in [6.07, 6.45) is 0.471. The quantitative estimate of drug-likeness (QED) is 0.432. The normalized spacial score (nSPS) is 20.3. The van der Waals surface area contributed by atoms with Crippen LogP contribution in [0.5, 0.6) is 5.75 Å². The number of carbonyl (C=O) groups is 3. The zero-order chi connectivity index (χ0) is 25.7. The van der Waals surface area contributed by atoms with Crippen molar-refractivity contribution in [2.75, 3.05) is 38.2 Å². The molecule has 1 fully saturated rings. The first-order valence-corrected chi connectivity index (χ1v) is 11.9. The fourth-order valence-electron chi connectivity index (χ4n) is 4.20. The molecule has 0 radical (unpaired) electrons. The van der Waals surface area contributed by atoms with Gasteiger partial charge in [0.2, 0.25) is 0 Å². The van der Waals surface area contributed by atoms with Gasteiger partial charge in [0.1, 0.15) is 18.4 Å². The summed E-state index contributed by atoms with van der Waals surface area (Å²) in [5, 5.41) is 14.8. The number of likely N-dealkylation sites (tertiary alicyclic amines) is 1. The van der Waals surface area contributed by atoms with E-state index in [-0.39, 0.29) is 18.8 Å². The SMILES string of the molecule is C[C@@H](NC(=O)C(=O)N[C@H]1COc2ccc(C#CCN3CC[C@@H](O)C3)cc2N(C)C1=O)c1ccccc1. The van der Waals surface area contributed by atoms with Crippen molar-refractivity contribution in [1.82, 2.24) is 15.5 Å². The van der Waals surface area contributed by atoms with E-state index in [9.17, 15) is 19.5 Å². The summed E-state index contributed by atoms with van der Waals surface area (Å²) in [6, 6.07) is 13.2. The second kappa shape index (κ2) is 11.2. The molecule has 2 aromatic rings. The number of likely N-dealkylation sites (N-methyl/N-ethyl adjacent to an activating group) is 1. The maximum atomic E-state index is 13.1. The van der Waals surface area contributed by atoms with Gasteiger partial charge in [-0.2, -0.15) is 0 Å². The van der Waals surface area contributed by atoms with Gasteiger partial charge in [-0.1, -0.05) is 42.2 Å². The van der Waals surface area contributed by atoms with Crippen LogP contribution in [0.15, 0.2) is 48.5 Å². The number of hydrogen-bond acceptors (Lipinski definition) is 6. The van der Waals surface area contributed by atoms with E-state index < -0.39 is 23.8 Å². The van der Waals surface area contributed by atoms with Gasteiger partial charge in [0.25, 0.3) is 5.91 Å². The van der Waals surface area contributed by atoms with Crippen molar-refractivity contribution in [3.05, 3.63) is 59.7 Å². The number of β-amino-alcohol motifs (C(OH)–C–C–N with tert-alkyl or cyclic N) is 1. The zero-order valence-corrected chi connectivity index (χ0v) is 20.4. The topological polar surface area (TPSA) is 111 Å². The summed E-state index contributed by atoms with van der Waals surface area (Å²) >= 11 is 0. The molecule has 0 spiro atoms. The number of aliphatic hydroxyl groups excluding tert-OH is 1. The fraction of sp³-hybridized carbons (Fsp3) is 0.370. The molecule has 3 N–H and O–H groups in total. The molecule has 2 aliphatic heterocycles. The summed E-state index contributed by atoms with van der Waals surface area (Å²) in [4.78, 5) is 41.5. The van der Waals surface area contributed by atoms with Gasteiger partial charge < -0.3 is 25.4 Å². The Labute approximate surface area is 210 Å². The Bertz CT molecular complexity index is 1190. The molecule has 3 amide bonds. The number of benzene rings is 2. The number of carbonyl (C=O) groups excluding carboxylic acids is 3.